The summed E-state index contributed by atoms with van der Waals surface area (Å²) in [5.74, 6) is -0.301. The zero-order chi connectivity index (χ0) is 14.6. The van der Waals surface area contributed by atoms with E-state index < -0.39 is 0 Å². The molecule has 4 nitrogen and oxygen atoms in total. The van der Waals surface area contributed by atoms with Gasteiger partial charge in [0.2, 0.25) is 0 Å². The summed E-state index contributed by atoms with van der Waals surface area (Å²) in [6.45, 7) is 3.87. The van der Waals surface area contributed by atoms with E-state index in [1.54, 1.807) is 0 Å². The summed E-state index contributed by atoms with van der Waals surface area (Å²) >= 11 is 0. The average molecular weight is 285 g/mol. The number of hydrogen-bond donors (Lipinski definition) is 0. The van der Waals surface area contributed by atoms with Crippen molar-refractivity contribution in [3.8, 4) is 0 Å². The molecule has 3 aliphatic rings. The fourth-order valence-corrected chi connectivity index (χ4v) is 3.78. The summed E-state index contributed by atoms with van der Waals surface area (Å²) in [7, 11) is 2.14. The number of piperidine rings is 1. The van der Waals surface area contributed by atoms with Crippen LogP contribution in [0.3, 0.4) is 0 Å². The second-order valence-electron chi connectivity index (χ2n) is 6.21. The van der Waals surface area contributed by atoms with Crippen molar-refractivity contribution in [3.63, 3.8) is 0 Å². The molecule has 3 saturated heterocycles. The van der Waals surface area contributed by atoms with E-state index in [0.29, 0.717) is 29.9 Å². The maximum absolute atomic E-state index is 12.3. The van der Waals surface area contributed by atoms with Crippen LogP contribution in [0, 0.1) is 0 Å². The van der Waals surface area contributed by atoms with Crippen LogP contribution in [0.2, 0.25) is 0 Å². The Morgan fingerprint density at radius 1 is 1.24 bits per heavy atom. The quantitative estimate of drug-likeness (QED) is 0.483. The molecule has 0 amide bonds. The summed E-state index contributed by atoms with van der Waals surface area (Å²) in [6.07, 6.45) is 2.44. The Kier molecular flexibility index (Phi) is 2.91. The largest absolute Gasteiger partial charge is 0.459 e. The van der Waals surface area contributed by atoms with Crippen LogP contribution in [-0.2, 0) is 14.3 Å². The molecule has 2 bridgehead atoms. The summed E-state index contributed by atoms with van der Waals surface area (Å²) in [5, 5.41) is 0. The molecule has 3 unspecified atom stereocenters. The van der Waals surface area contributed by atoms with Crippen LogP contribution in [0.1, 0.15) is 18.4 Å². The maximum atomic E-state index is 12.3. The lowest BCUT2D eigenvalue weighted by Crippen LogP contribution is -2.47. The normalized spacial score (nSPS) is 36.9. The van der Waals surface area contributed by atoms with Gasteiger partial charge in [-0.05, 0) is 12.6 Å². The third-order valence-corrected chi connectivity index (χ3v) is 5.02. The first-order chi connectivity index (χ1) is 10.1. The molecular formula is C17H19NO3. The molecule has 3 heterocycles. The standard InChI is InChI=1S/C17H19NO3/c1-10(11-6-4-3-5-7-11)17(19)20-12-8-13-15-16(21-15)14(9-12)18(13)2/h3-7,12-16H,1,8-9H2,2H3/t12?,13?,14?,15-,16+. The molecule has 5 atom stereocenters. The van der Waals surface area contributed by atoms with Crippen molar-refractivity contribution in [2.75, 3.05) is 7.05 Å². The molecular weight excluding hydrogens is 266 g/mol. The topological polar surface area (TPSA) is 42.1 Å². The van der Waals surface area contributed by atoms with Crippen molar-refractivity contribution < 1.29 is 14.3 Å². The van der Waals surface area contributed by atoms with Crippen LogP contribution in [0.4, 0.5) is 0 Å². The highest BCUT2D eigenvalue weighted by Crippen LogP contribution is 2.48. The Morgan fingerprint density at radius 2 is 1.86 bits per heavy atom. The van der Waals surface area contributed by atoms with E-state index in [1.165, 1.54) is 0 Å². The highest BCUT2D eigenvalue weighted by atomic mass is 16.6. The van der Waals surface area contributed by atoms with Crippen LogP contribution in [0.15, 0.2) is 36.9 Å². The molecule has 21 heavy (non-hydrogen) atoms. The molecule has 0 spiro atoms. The van der Waals surface area contributed by atoms with Crippen LogP contribution in [0.25, 0.3) is 5.57 Å². The van der Waals surface area contributed by atoms with E-state index in [1.807, 2.05) is 30.3 Å². The molecule has 4 rings (SSSR count). The number of fused-ring (bicyclic) bond motifs is 5. The number of benzene rings is 1. The molecule has 110 valence electrons. The first-order valence-corrected chi connectivity index (χ1v) is 7.48. The van der Waals surface area contributed by atoms with Crippen molar-refractivity contribution in [2.24, 2.45) is 0 Å². The minimum Gasteiger partial charge on any atom is -0.459 e. The minimum atomic E-state index is -0.301. The predicted octanol–water partition coefficient (Wildman–Crippen LogP) is 1.86. The predicted molar refractivity (Wildman–Crippen MR) is 78.6 cm³/mol. The highest BCUT2D eigenvalue weighted by molar-refractivity contribution is 6.15. The Bertz CT molecular complexity index is 567. The van der Waals surface area contributed by atoms with Crippen molar-refractivity contribution in [3.05, 3.63) is 42.5 Å². The van der Waals surface area contributed by atoms with Gasteiger partial charge < -0.3 is 9.47 Å². The van der Waals surface area contributed by atoms with Crippen LogP contribution >= 0.6 is 0 Å². The van der Waals surface area contributed by atoms with E-state index in [4.69, 9.17) is 9.47 Å². The third kappa shape index (κ3) is 2.10. The third-order valence-electron chi connectivity index (χ3n) is 5.02. The number of morpholine rings is 1. The second kappa shape index (κ2) is 4.68. The smallest absolute Gasteiger partial charge is 0.338 e. The molecule has 0 aromatic heterocycles. The molecule has 1 aromatic rings. The van der Waals surface area contributed by atoms with Gasteiger partial charge in [-0.1, -0.05) is 36.9 Å². The van der Waals surface area contributed by atoms with E-state index >= 15 is 0 Å². The van der Waals surface area contributed by atoms with E-state index in [0.717, 1.165) is 18.4 Å². The lowest BCUT2D eigenvalue weighted by Gasteiger charge is -2.37. The van der Waals surface area contributed by atoms with Gasteiger partial charge in [0.1, 0.15) is 18.3 Å². The zero-order valence-electron chi connectivity index (χ0n) is 12.1. The fourth-order valence-electron chi connectivity index (χ4n) is 3.78. The number of nitrogens with zero attached hydrogens (tertiary/aromatic N) is 1. The number of ether oxygens (including phenoxy) is 2. The lowest BCUT2D eigenvalue weighted by molar-refractivity contribution is -0.146. The molecule has 0 N–H and O–H groups in total. The van der Waals surface area contributed by atoms with Gasteiger partial charge in [0.15, 0.2) is 0 Å². The average Bonchev–Trinajstić information content (AvgIpc) is 3.25. The van der Waals surface area contributed by atoms with Gasteiger partial charge in [-0.3, -0.25) is 4.90 Å². The van der Waals surface area contributed by atoms with Crippen molar-refractivity contribution in [1.82, 2.24) is 4.90 Å². The van der Waals surface area contributed by atoms with Gasteiger partial charge in [-0.25, -0.2) is 4.79 Å². The molecule has 4 heteroatoms. The minimum absolute atomic E-state index is 0.0134. The first-order valence-electron chi connectivity index (χ1n) is 7.48. The summed E-state index contributed by atoms with van der Waals surface area (Å²) in [6, 6.07) is 10.3. The monoisotopic (exact) mass is 285 g/mol. The number of carbonyl (C=O) groups excluding carboxylic acids is 1. The number of rotatable bonds is 3. The van der Waals surface area contributed by atoms with Crippen LogP contribution < -0.4 is 0 Å². The van der Waals surface area contributed by atoms with E-state index in [2.05, 4.69) is 18.5 Å². The summed E-state index contributed by atoms with van der Waals surface area (Å²) in [5.41, 5.74) is 1.26. The number of carbonyl (C=O) groups is 1. The Hall–Kier alpha value is -1.65. The fraction of sp³-hybridized carbons (Fsp3) is 0.471. The van der Waals surface area contributed by atoms with Crippen LogP contribution in [-0.4, -0.2) is 48.3 Å². The van der Waals surface area contributed by atoms with Crippen molar-refractivity contribution in [2.45, 2.75) is 43.2 Å². The van der Waals surface area contributed by atoms with Crippen molar-refractivity contribution >= 4 is 11.5 Å². The number of likely N-dealkylation sites (N-methyl/N-ethyl adjacent to an activating group) is 1. The first kappa shape index (κ1) is 13.0. The van der Waals surface area contributed by atoms with Gasteiger partial charge in [-0.2, -0.15) is 0 Å². The SMILES string of the molecule is C=C(C(=O)OC1CC2[C@H]3O[C@H]3C(C1)N2C)c1ccccc1. The maximum Gasteiger partial charge on any atom is 0.338 e. The molecule has 1 aromatic carbocycles. The van der Waals surface area contributed by atoms with Gasteiger partial charge in [0.05, 0.1) is 5.57 Å². The van der Waals surface area contributed by atoms with Gasteiger partial charge >= 0.3 is 5.97 Å². The zero-order valence-corrected chi connectivity index (χ0v) is 12.1. The summed E-state index contributed by atoms with van der Waals surface area (Å²) < 4.78 is 11.3. The number of esters is 1. The van der Waals surface area contributed by atoms with Gasteiger partial charge in [0, 0.05) is 24.9 Å². The molecule has 0 radical (unpaired) electrons. The molecule has 0 saturated carbocycles. The molecule has 3 aliphatic heterocycles. The second-order valence-corrected chi connectivity index (χ2v) is 6.21. The Balaban J connectivity index is 1.41. The van der Waals surface area contributed by atoms with Crippen LogP contribution in [0.5, 0.6) is 0 Å². The summed E-state index contributed by atoms with van der Waals surface area (Å²) in [4.78, 5) is 14.6. The lowest BCUT2D eigenvalue weighted by atomic mass is 9.99. The number of hydrogen-bond acceptors (Lipinski definition) is 4. The Labute approximate surface area is 124 Å². The van der Waals surface area contributed by atoms with Gasteiger partial charge in [0.25, 0.3) is 0 Å². The van der Waals surface area contributed by atoms with E-state index in [9.17, 15) is 4.79 Å². The van der Waals surface area contributed by atoms with Gasteiger partial charge in [-0.15, -0.1) is 0 Å². The number of epoxide rings is 1. The highest BCUT2D eigenvalue weighted by Gasteiger charge is 2.62. The molecule has 0 aliphatic carbocycles. The van der Waals surface area contributed by atoms with E-state index in [-0.39, 0.29) is 12.1 Å². The Morgan fingerprint density at radius 3 is 2.48 bits per heavy atom. The molecule has 3 fully saturated rings. The van der Waals surface area contributed by atoms with Crippen molar-refractivity contribution in [1.29, 1.82) is 0 Å².